The average molecular weight is 305 g/mol. The molecule has 1 heterocycles. The summed E-state index contributed by atoms with van der Waals surface area (Å²) >= 11 is 5.85. The molecule has 0 aliphatic rings. The Balaban J connectivity index is 2.05. The lowest BCUT2D eigenvalue weighted by Crippen LogP contribution is -2.13. The van der Waals surface area contributed by atoms with Crippen LogP contribution in [-0.2, 0) is 4.79 Å². The number of ether oxygens (including phenoxy) is 1. The maximum atomic E-state index is 12.0. The molecule has 5 nitrogen and oxygen atoms in total. The highest BCUT2D eigenvalue weighted by atomic mass is 35.5. The number of anilines is 1. The molecule has 0 atom stereocenters. The van der Waals surface area contributed by atoms with Crippen LogP contribution in [0.5, 0.6) is 5.75 Å². The number of nitrogens with zero attached hydrogens (tertiary/aromatic N) is 1. The van der Waals surface area contributed by atoms with Gasteiger partial charge in [-0.1, -0.05) is 18.5 Å². The van der Waals surface area contributed by atoms with E-state index in [1.807, 2.05) is 0 Å². The lowest BCUT2D eigenvalue weighted by molar-refractivity contribution is -0.134. The zero-order valence-electron chi connectivity index (χ0n) is 11.3. The summed E-state index contributed by atoms with van der Waals surface area (Å²) in [7, 11) is 0. The molecule has 0 aliphatic heterocycles. The highest BCUT2D eigenvalue weighted by molar-refractivity contribution is 6.33. The van der Waals surface area contributed by atoms with Gasteiger partial charge < -0.3 is 10.1 Å². The SMILES string of the molecule is CCC(=O)Oc1ccc(NC(=O)c2cccnc2Cl)cc1. The normalized spacial score (nSPS) is 10.0. The van der Waals surface area contributed by atoms with Crippen LogP contribution in [0.2, 0.25) is 5.15 Å². The summed E-state index contributed by atoms with van der Waals surface area (Å²) in [6.07, 6.45) is 1.81. The number of aromatic nitrogens is 1. The fourth-order valence-electron chi connectivity index (χ4n) is 1.56. The van der Waals surface area contributed by atoms with Crippen LogP contribution in [0.3, 0.4) is 0 Å². The molecule has 0 spiro atoms. The van der Waals surface area contributed by atoms with Crippen molar-refractivity contribution in [1.82, 2.24) is 4.98 Å². The zero-order valence-corrected chi connectivity index (χ0v) is 12.1. The third-order valence-corrected chi connectivity index (χ3v) is 2.94. The molecule has 0 saturated carbocycles. The first-order valence-electron chi connectivity index (χ1n) is 6.32. The van der Waals surface area contributed by atoms with Crippen LogP contribution < -0.4 is 10.1 Å². The minimum atomic E-state index is -0.355. The molecule has 0 radical (unpaired) electrons. The van der Waals surface area contributed by atoms with Crippen LogP contribution in [0, 0.1) is 0 Å². The molecule has 0 unspecified atom stereocenters. The Morgan fingerprint density at radius 2 is 1.95 bits per heavy atom. The molecule has 2 rings (SSSR count). The lowest BCUT2D eigenvalue weighted by atomic mass is 10.2. The molecule has 0 aliphatic carbocycles. The zero-order chi connectivity index (χ0) is 15.2. The first kappa shape index (κ1) is 15.0. The Morgan fingerprint density at radius 3 is 2.57 bits per heavy atom. The van der Waals surface area contributed by atoms with Crippen molar-refractivity contribution in [3.8, 4) is 5.75 Å². The molecule has 0 bridgehead atoms. The van der Waals surface area contributed by atoms with Crippen molar-refractivity contribution in [1.29, 1.82) is 0 Å². The molecule has 1 aromatic heterocycles. The molecule has 2 aromatic rings. The number of benzene rings is 1. The maximum absolute atomic E-state index is 12.0. The van der Waals surface area contributed by atoms with Crippen LogP contribution in [0.25, 0.3) is 0 Å². The fraction of sp³-hybridized carbons (Fsp3) is 0.133. The molecular formula is C15H13ClN2O3. The van der Waals surface area contributed by atoms with Gasteiger partial charge in [-0.3, -0.25) is 9.59 Å². The van der Waals surface area contributed by atoms with Gasteiger partial charge in [0.1, 0.15) is 10.9 Å². The van der Waals surface area contributed by atoms with Crippen LogP contribution in [0.1, 0.15) is 23.7 Å². The van der Waals surface area contributed by atoms with E-state index in [1.165, 1.54) is 6.20 Å². The predicted molar refractivity (Wildman–Crippen MR) is 79.6 cm³/mol. The lowest BCUT2D eigenvalue weighted by Gasteiger charge is -2.07. The van der Waals surface area contributed by atoms with E-state index in [4.69, 9.17) is 16.3 Å². The van der Waals surface area contributed by atoms with Gasteiger partial charge in [0.25, 0.3) is 5.91 Å². The number of carbonyl (C=O) groups excluding carboxylic acids is 2. The summed E-state index contributed by atoms with van der Waals surface area (Å²) in [4.78, 5) is 27.0. The number of carbonyl (C=O) groups is 2. The van der Waals surface area contributed by atoms with Crippen LogP contribution >= 0.6 is 11.6 Å². The Hall–Kier alpha value is -2.40. The minimum absolute atomic E-state index is 0.142. The average Bonchev–Trinajstić information content (AvgIpc) is 2.49. The second kappa shape index (κ2) is 6.85. The van der Waals surface area contributed by atoms with E-state index >= 15 is 0 Å². The smallest absolute Gasteiger partial charge is 0.310 e. The van der Waals surface area contributed by atoms with Gasteiger partial charge in [0.05, 0.1) is 5.56 Å². The Morgan fingerprint density at radius 1 is 1.24 bits per heavy atom. The summed E-state index contributed by atoms with van der Waals surface area (Å²) in [6.45, 7) is 1.72. The van der Waals surface area contributed by atoms with Crippen molar-refractivity contribution in [3.63, 3.8) is 0 Å². The number of halogens is 1. The molecule has 108 valence electrons. The minimum Gasteiger partial charge on any atom is -0.427 e. The maximum Gasteiger partial charge on any atom is 0.310 e. The summed E-state index contributed by atoms with van der Waals surface area (Å²) < 4.78 is 5.04. The topological polar surface area (TPSA) is 68.3 Å². The van der Waals surface area contributed by atoms with Crippen molar-refractivity contribution in [3.05, 3.63) is 53.3 Å². The van der Waals surface area contributed by atoms with Crippen molar-refractivity contribution in [2.45, 2.75) is 13.3 Å². The van der Waals surface area contributed by atoms with Crippen molar-refractivity contribution >= 4 is 29.2 Å². The number of hydrogen-bond donors (Lipinski definition) is 1. The van der Waals surface area contributed by atoms with Crippen molar-refractivity contribution < 1.29 is 14.3 Å². The number of esters is 1. The largest absolute Gasteiger partial charge is 0.427 e. The van der Waals surface area contributed by atoms with E-state index in [9.17, 15) is 9.59 Å². The second-order valence-corrected chi connectivity index (χ2v) is 4.51. The summed E-state index contributed by atoms with van der Waals surface area (Å²) in [5.74, 6) is -0.236. The third kappa shape index (κ3) is 4.03. The fourth-order valence-corrected chi connectivity index (χ4v) is 1.77. The summed E-state index contributed by atoms with van der Waals surface area (Å²) in [5, 5.41) is 2.83. The Labute approximate surface area is 126 Å². The molecule has 1 aromatic carbocycles. The van der Waals surface area contributed by atoms with Crippen LogP contribution in [-0.4, -0.2) is 16.9 Å². The number of amides is 1. The highest BCUT2D eigenvalue weighted by Gasteiger charge is 2.11. The number of nitrogens with one attached hydrogen (secondary N) is 1. The van der Waals surface area contributed by atoms with E-state index in [1.54, 1.807) is 43.3 Å². The molecule has 1 N–H and O–H groups in total. The van der Waals surface area contributed by atoms with E-state index in [-0.39, 0.29) is 17.0 Å². The van der Waals surface area contributed by atoms with Gasteiger partial charge in [-0.2, -0.15) is 0 Å². The highest BCUT2D eigenvalue weighted by Crippen LogP contribution is 2.18. The molecule has 0 saturated heterocycles. The number of rotatable bonds is 4. The summed E-state index contributed by atoms with van der Waals surface area (Å²) in [6, 6.07) is 9.71. The summed E-state index contributed by atoms with van der Waals surface area (Å²) in [5.41, 5.74) is 0.858. The van der Waals surface area contributed by atoms with Crippen molar-refractivity contribution in [2.24, 2.45) is 0 Å². The van der Waals surface area contributed by atoms with E-state index in [0.29, 0.717) is 23.4 Å². The number of pyridine rings is 1. The van der Waals surface area contributed by atoms with E-state index in [2.05, 4.69) is 10.3 Å². The third-order valence-electron chi connectivity index (χ3n) is 2.64. The van der Waals surface area contributed by atoms with Crippen LogP contribution in [0.4, 0.5) is 5.69 Å². The first-order chi connectivity index (χ1) is 10.1. The van der Waals surface area contributed by atoms with Gasteiger partial charge in [0.2, 0.25) is 0 Å². The molecule has 1 amide bonds. The van der Waals surface area contributed by atoms with Gasteiger partial charge in [-0.05, 0) is 36.4 Å². The van der Waals surface area contributed by atoms with E-state index in [0.717, 1.165) is 0 Å². The molecule has 21 heavy (non-hydrogen) atoms. The van der Waals surface area contributed by atoms with Gasteiger partial charge in [-0.25, -0.2) is 4.98 Å². The number of hydrogen-bond acceptors (Lipinski definition) is 4. The van der Waals surface area contributed by atoms with Gasteiger partial charge >= 0.3 is 5.97 Å². The monoisotopic (exact) mass is 304 g/mol. The van der Waals surface area contributed by atoms with Gasteiger partial charge in [0.15, 0.2) is 0 Å². The molecule has 0 fully saturated rings. The molecular weight excluding hydrogens is 292 g/mol. The van der Waals surface area contributed by atoms with Crippen molar-refractivity contribution in [2.75, 3.05) is 5.32 Å². The Kier molecular flexibility index (Phi) is 4.90. The second-order valence-electron chi connectivity index (χ2n) is 4.15. The van der Waals surface area contributed by atoms with Crippen LogP contribution in [0.15, 0.2) is 42.6 Å². The quantitative estimate of drug-likeness (QED) is 0.534. The Bertz CT molecular complexity index is 656. The predicted octanol–water partition coefficient (Wildman–Crippen LogP) is 3.30. The van der Waals surface area contributed by atoms with E-state index < -0.39 is 0 Å². The van der Waals surface area contributed by atoms with Gasteiger partial charge in [0, 0.05) is 18.3 Å². The first-order valence-corrected chi connectivity index (χ1v) is 6.70. The van der Waals surface area contributed by atoms with Gasteiger partial charge in [-0.15, -0.1) is 0 Å². The molecule has 6 heteroatoms. The standard InChI is InChI=1S/C15H13ClN2O3/c1-2-13(19)21-11-7-5-10(6-8-11)18-15(20)12-4-3-9-17-14(12)16/h3-9H,2H2,1H3,(H,18,20).